The summed E-state index contributed by atoms with van der Waals surface area (Å²) in [7, 11) is 0. The third-order valence-electron chi connectivity index (χ3n) is 4.01. The fraction of sp³-hybridized carbons (Fsp3) is 0.500. The zero-order chi connectivity index (χ0) is 17.2. The molecule has 1 saturated carbocycles. The summed E-state index contributed by atoms with van der Waals surface area (Å²) < 4.78 is 5.48. The Hall–Kier alpha value is -2.37. The van der Waals surface area contributed by atoms with Gasteiger partial charge in [-0.05, 0) is 31.9 Å². The zero-order valence-corrected chi connectivity index (χ0v) is 14.1. The first kappa shape index (κ1) is 18.0. The molecule has 130 valence electrons. The standard InChI is InChI=1S/C18H25N3O3/c1-2-24-16-11-7-6-10-15(16)12-20-21-17(22)13-19-18(23)14-8-4-3-5-9-14/h6-7,10-12,14H,2-5,8-9,13H2,1H3,(H,19,23)(H,21,22)/b20-12+. The summed E-state index contributed by atoms with van der Waals surface area (Å²) in [5, 5.41) is 6.60. The zero-order valence-electron chi connectivity index (χ0n) is 14.1. The fourth-order valence-corrected chi connectivity index (χ4v) is 2.76. The summed E-state index contributed by atoms with van der Waals surface area (Å²) in [4.78, 5) is 23.7. The highest BCUT2D eigenvalue weighted by molar-refractivity contribution is 5.87. The maximum atomic E-state index is 12.0. The summed E-state index contributed by atoms with van der Waals surface area (Å²) >= 11 is 0. The van der Waals surface area contributed by atoms with Gasteiger partial charge >= 0.3 is 0 Å². The van der Waals surface area contributed by atoms with Crippen LogP contribution in [0, 0.1) is 5.92 Å². The molecule has 6 heteroatoms. The van der Waals surface area contributed by atoms with Gasteiger partial charge in [0, 0.05) is 11.5 Å². The molecule has 0 radical (unpaired) electrons. The number of hydrogen-bond donors (Lipinski definition) is 2. The Morgan fingerprint density at radius 3 is 2.75 bits per heavy atom. The predicted octanol–water partition coefficient (Wildman–Crippen LogP) is 2.23. The SMILES string of the molecule is CCOc1ccccc1/C=N/NC(=O)CNC(=O)C1CCCCC1. The van der Waals surface area contributed by atoms with E-state index in [4.69, 9.17) is 4.74 Å². The highest BCUT2D eigenvalue weighted by atomic mass is 16.5. The van der Waals surface area contributed by atoms with Crippen molar-refractivity contribution in [3.8, 4) is 5.75 Å². The molecule has 0 spiro atoms. The maximum Gasteiger partial charge on any atom is 0.259 e. The van der Waals surface area contributed by atoms with Gasteiger partial charge in [0.05, 0.1) is 19.4 Å². The molecule has 0 heterocycles. The van der Waals surface area contributed by atoms with Crippen LogP contribution in [0.2, 0.25) is 0 Å². The monoisotopic (exact) mass is 331 g/mol. The Labute approximate surface area is 142 Å². The Bertz CT molecular complexity index is 581. The molecular weight excluding hydrogens is 306 g/mol. The van der Waals surface area contributed by atoms with Crippen LogP contribution in [0.5, 0.6) is 5.75 Å². The molecule has 2 amide bonds. The molecule has 2 N–H and O–H groups in total. The van der Waals surface area contributed by atoms with Crippen LogP contribution in [0.3, 0.4) is 0 Å². The lowest BCUT2D eigenvalue weighted by molar-refractivity contribution is -0.129. The van der Waals surface area contributed by atoms with Crippen molar-refractivity contribution in [2.45, 2.75) is 39.0 Å². The number of benzene rings is 1. The van der Waals surface area contributed by atoms with E-state index < -0.39 is 0 Å². The normalized spacial score (nSPS) is 15.2. The van der Waals surface area contributed by atoms with Crippen molar-refractivity contribution in [1.82, 2.24) is 10.7 Å². The molecule has 2 rings (SSSR count). The van der Waals surface area contributed by atoms with E-state index in [-0.39, 0.29) is 24.3 Å². The third kappa shape index (κ3) is 5.68. The first-order valence-electron chi connectivity index (χ1n) is 8.52. The Morgan fingerprint density at radius 1 is 1.25 bits per heavy atom. The van der Waals surface area contributed by atoms with Gasteiger partial charge in [-0.3, -0.25) is 9.59 Å². The minimum absolute atomic E-state index is 0.0319. The minimum atomic E-state index is -0.343. The quantitative estimate of drug-likeness (QED) is 0.594. The smallest absolute Gasteiger partial charge is 0.259 e. The van der Waals surface area contributed by atoms with E-state index >= 15 is 0 Å². The summed E-state index contributed by atoms with van der Waals surface area (Å²) in [6.07, 6.45) is 6.75. The summed E-state index contributed by atoms with van der Waals surface area (Å²) in [5.41, 5.74) is 3.20. The van der Waals surface area contributed by atoms with Crippen molar-refractivity contribution in [2.75, 3.05) is 13.2 Å². The van der Waals surface area contributed by atoms with Gasteiger partial charge in [-0.1, -0.05) is 31.4 Å². The van der Waals surface area contributed by atoms with Gasteiger partial charge in [0.1, 0.15) is 5.75 Å². The number of rotatable bonds is 7. The second kappa shape index (κ2) is 9.70. The number of hydrogen-bond acceptors (Lipinski definition) is 4. The average molecular weight is 331 g/mol. The summed E-state index contributed by atoms with van der Waals surface area (Å²) in [6.45, 7) is 2.41. The van der Waals surface area contributed by atoms with E-state index in [2.05, 4.69) is 15.8 Å². The molecule has 1 aromatic rings. The molecule has 6 nitrogen and oxygen atoms in total. The second-order valence-electron chi connectivity index (χ2n) is 5.82. The van der Waals surface area contributed by atoms with Crippen LogP contribution in [0.1, 0.15) is 44.6 Å². The Kier molecular flexibility index (Phi) is 7.26. The van der Waals surface area contributed by atoms with Crippen LogP contribution in [0.4, 0.5) is 0 Å². The van der Waals surface area contributed by atoms with E-state index in [0.29, 0.717) is 12.4 Å². The topological polar surface area (TPSA) is 79.8 Å². The highest BCUT2D eigenvalue weighted by Gasteiger charge is 2.21. The Balaban J connectivity index is 1.75. The molecule has 1 fully saturated rings. The Morgan fingerprint density at radius 2 is 2.00 bits per heavy atom. The van der Waals surface area contributed by atoms with Gasteiger partial charge in [0.15, 0.2) is 0 Å². The first-order chi connectivity index (χ1) is 11.7. The molecule has 1 aliphatic rings. The van der Waals surface area contributed by atoms with Gasteiger partial charge in [0.25, 0.3) is 5.91 Å². The number of carbonyl (C=O) groups excluding carboxylic acids is 2. The van der Waals surface area contributed by atoms with Crippen molar-refractivity contribution in [1.29, 1.82) is 0 Å². The van der Waals surface area contributed by atoms with E-state index in [1.807, 2.05) is 31.2 Å². The molecular formula is C18H25N3O3. The van der Waals surface area contributed by atoms with E-state index in [0.717, 1.165) is 31.2 Å². The molecule has 0 aromatic heterocycles. The average Bonchev–Trinajstić information content (AvgIpc) is 2.62. The van der Waals surface area contributed by atoms with Crippen LogP contribution in [0.25, 0.3) is 0 Å². The molecule has 0 bridgehead atoms. The first-order valence-corrected chi connectivity index (χ1v) is 8.52. The largest absolute Gasteiger partial charge is 0.493 e. The van der Waals surface area contributed by atoms with Gasteiger partial charge in [0.2, 0.25) is 5.91 Å². The van der Waals surface area contributed by atoms with Crippen LogP contribution in [-0.2, 0) is 9.59 Å². The number of carbonyl (C=O) groups is 2. The summed E-state index contributed by atoms with van der Waals surface area (Å²) in [5.74, 6) is 0.386. The van der Waals surface area contributed by atoms with Crippen molar-refractivity contribution >= 4 is 18.0 Å². The highest BCUT2D eigenvalue weighted by Crippen LogP contribution is 2.23. The lowest BCUT2D eigenvalue weighted by Gasteiger charge is -2.20. The van der Waals surface area contributed by atoms with Crippen molar-refractivity contribution in [3.63, 3.8) is 0 Å². The maximum absolute atomic E-state index is 12.0. The van der Waals surface area contributed by atoms with E-state index in [1.54, 1.807) is 0 Å². The number of nitrogens with zero attached hydrogens (tertiary/aromatic N) is 1. The molecule has 1 aromatic carbocycles. The van der Waals surface area contributed by atoms with Crippen LogP contribution in [0.15, 0.2) is 29.4 Å². The van der Waals surface area contributed by atoms with Crippen molar-refractivity contribution in [3.05, 3.63) is 29.8 Å². The molecule has 1 aliphatic carbocycles. The van der Waals surface area contributed by atoms with Crippen LogP contribution < -0.4 is 15.5 Å². The summed E-state index contributed by atoms with van der Waals surface area (Å²) in [6, 6.07) is 7.44. The predicted molar refractivity (Wildman–Crippen MR) is 92.9 cm³/mol. The number of amides is 2. The third-order valence-corrected chi connectivity index (χ3v) is 4.01. The lowest BCUT2D eigenvalue weighted by atomic mass is 9.89. The van der Waals surface area contributed by atoms with Gasteiger partial charge in [-0.2, -0.15) is 5.10 Å². The number of hydrazone groups is 1. The fourth-order valence-electron chi connectivity index (χ4n) is 2.76. The molecule has 0 aliphatic heterocycles. The molecule has 0 saturated heterocycles. The van der Waals surface area contributed by atoms with Crippen LogP contribution >= 0.6 is 0 Å². The van der Waals surface area contributed by atoms with Crippen LogP contribution in [-0.4, -0.2) is 31.2 Å². The van der Waals surface area contributed by atoms with Gasteiger partial charge in [-0.15, -0.1) is 0 Å². The van der Waals surface area contributed by atoms with Gasteiger partial charge < -0.3 is 10.1 Å². The molecule has 0 atom stereocenters. The number of para-hydroxylation sites is 1. The van der Waals surface area contributed by atoms with Gasteiger partial charge in [-0.25, -0.2) is 5.43 Å². The van der Waals surface area contributed by atoms with E-state index in [1.165, 1.54) is 12.6 Å². The van der Waals surface area contributed by atoms with E-state index in [9.17, 15) is 9.59 Å². The van der Waals surface area contributed by atoms with Crippen molar-refractivity contribution < 1.29 is 14.3 Å². The second-order valence-corrected chi connectivity index (χ2v) is 5.82. The number of ether oxygens (including phenoxy) is 1. The minimum Gasteiger partial charge on any atom is -0.493 e. The molecule has 0 unspecified atom stereocenters. The van der Waals surface area contributed by atoms with Crippen molar-refractivity contribution in [2.24, 2.45) is 11.0 Å². The molecule has 24 heavy (non-hydrogen) atoms. The number of nitrogens with one attached hydrogen (secondary N) is 2. The lowest BCUT2D eigenvalue weighted by Crippen LogP contribution is -2.38.